The third-order valence-electron chi connectivity index (χ3n) is 2.66. The molecule has 0 saturated carbocycles. The van der Waals surface area contributed by atoms with Crippen molar-refractivity contribution in [2.75, 3.05) is 26.3 Å². The van der Waals surface area contributed by atoms with E-state index in [0.29, 0.717) is 6.10 Å². The van der Waals surface area contributed by atoms with Gasteiger partial charge in [0, 0.05) is 19.7 Å². The van der Waals surface area contributed by atoms with Gasteiger partial charge >= 0.3 is 0 Å². The first-order chi connectivity index (χ1) is 7.79. The smallest absolute Gasteiger partial charge is 0.110 e. The van der Waals surface area contributed by atoms with Crippen molar-refractivity contribution in [3.8, 4) is 0 Å². The van der Waals surface area contributed by atoms with E-state index in [9.17, 15) is 0 Å². The molecule has 0 aromatic rings. The second kappa shape index (κ2) is 8.59. The van der Waals surface area contributed by atoms with Crippen molar-refractivity contribution in [3.05, 3.63) is 12.3 Å². The van der Waals surface area contributed by atoms with Crippen LogP contribution in [0.3, 0.4) is 0 Å². The molecule has 0 radical (unpaired) electrons. The Morgan fingerprint density at radius 1 is 1.44 bits per heavy atom. The summed E-state index contributed by atoms with van der Waals surface area (Å²) in [6.07, 6.45) is 7.65. The van der Waals surface area contributed by atoms with E-state index in [1.165, 1.54) is 0 Å². The summed E-state index contributed by atoms with van der Waals surface area (Å²) in [5.74, 6) is 0.732. The highest BCUT2D eigenvalue weighted by atomic mass is 16.5. The molecule has 1 atom stereocenters. The van der Waals surface area contributed by atoms with E-state index >= 15 is 0 Å². The van der Waals surface area contributed by atoms with Crippen molar-refractivity contribution >= 4 is 0 Å². The summed E-state index contributed by atoms with van der Waals surface area (Å²) in [7, 11) is 0. The Kier molecular flexibility index (Phi) is 7.26. The Morgan fingerprint density at radius 2 is 2.31 bits per heavy atom. The summed E-state index contributed by atoms with van der Waals surface area (Å²) in [5, 5.41) is 3.36. The van der Waals surface area contributed by atoms with Crippen LogP contribution in [0.15, 0.2) is 12.3 Å². The molecule has 0 aliphatic carbocycles. The first kappa shape index (κ1) is 13.5. The standard InChI is InChI=1S/C13H25NO2/c1-12(2)6-9-15-10-7-14-11-13-5-3-4-8-16-13/h4,8,12-14H,3,5-7,9-11H2,1-2H3. The molecule has 0 amide bonds. The first-order valence-electron chi connectivity index (χ1n) is 6.38. The van der Waals surface area contributed by atoms with Gasteiger partial charge in [-0.25, -0.2) is 0 Å². The van der Waals surface area contributed by atoms with Gasteiger partial charge in [-0.1, -0.05) is 13.8 Å². The topological polar surface area (TPSA) is 30.5 Å². The minimum Gasteiger partial charge on any atom is -0.497 e. The zero-order valence-corrected chi connectivity index (χ0v) is 10.6. The third kappa shape index (κ3) is 6.85. The monoisotopic (exact) mass is 227 g/mol. The fourth-order valence-corrected chi connectivity index (χ4v) is 1.56. The van der Waals surface area contributed by atoms with Gasteiger partial charge in [-0.3, -0.25) is 0 Å². The quantitative estimate of drug-likeness (QED) is 0.646. The summed E-state index contributed by atoms with van der Waals surface area (Å²) >= 11 is 0. The normalized spacial score (nSPS) is 20.1. The Bertz CT molecular complexity index is 192. The Hall–Kier alpha value is -0.540. The van der Waals surface area contributed by atoms with E-state index in [1.54, 1.807) is 0 Å². The minimum absolute atomic E-state index is 0.348. The summed E-state index contributed by atoms with van der Waals surface area (Å²) in [5.41, 5.74) is 0. The van der Waals surface area contributed by atoms with E-state index in [1.807, 2.05) is 6.26 Å². The number of rotatable bonds is 8. The number of hydrogen-bond acceptors (Lipinski definition) is 3. The highest BCUT2D eigenvalue weighted by Crippen LogP contribution is 2.08. The Morgan fingerprint density at radius 3 is 3.00 bits per heavy atom. The van der Waals surface area contributed by atoms with Crippen molar-refractivity contribution in [2.24, 2.45) is 5.92 Å². The zero-order valence-electron chi connectivity index (χ0n) is 10.6. The second-order valence-corrected chi connectivity index (χ2v) is 4.71. The molecule has 0 bridgehead atoms. The largest absolute Gasteiger partial charge is 0.497 e. The van der Waals surface area contributed by atoms with Crippen LogP contribution < -0.4 is 5.32 Å². The van der Waals surface area contributed by atoms with Crippen molar-refractivity contribution in [1.29, 1.82) is 0 Å². The molecule has 94 valence electrons. The molecule has 1 heterocycles. The maximum atomic E-state index is 5.52. The molecule has 1 unspecified atom stereocenters. The summed E-state index contributed by atoms with van der Waals surface area (Å²) in [6, 6.07) is 0. The van der Waals surface area contributed by atoms with Crippen molar-refractivity contribution in [2.45, 2.75) is 39.2 Å². The van der Waals surface area contributed by atoms with Crippen LogP contribution in [-0.4, -0.2) is 32.4 Å². The average Bonchev–Trinajstić information content (AvgIpc) is 2.29. The van der Waals surface area contributed by atoms with Crippen LogP contribution in [-0.2, 0) is 9.47 Å². The van der Waals surface area contributed by atoms with Gasteiger partial charge in [0.1, 0.15) is 6.10 Å². The maximum absolute atomic E-state index is 5.52. The van der Waals surface area contributed by atoms with Crippen LogP contribution in [0.4, 0.5) is 0 Å². The molecule has 1 N–H and O–H groups in total. The average molecular weight is 227 g/mol. The first-order valence-corrected chi connectivity index (χ1v) is 6.38. The van der Waals surface area contributed by atoms with Gasteiger partial charge in [-0.05, 0) is 31.3 Å². The van der Waals surface area contributed by atoms with Gasteiger partial charge < -0.3 is 14.8 Å². The van der Waals surface area contributed by atoms with Crippen LogP contribution in [0.5, 0.6) is 0 Å². The zero-order chi connectivity index (χ0) is 11.6. The molecule has 0 aromatic heterocycles. The molecule has 1 aliphatic heterocycles. The van der Waals surface area contributed by atoms with Gasteiger partial charge in [0.15, 0.2) is 0 Å². The Labute approximate surface area is 99.2 Å². The van der Waals surface area contributed by atoms with Gasteiger partial charge in [0.2, 0.25) is 0 Å². The van der Waals surface area contributed by atoms with Crippen LogP contribution in [0.25, 0.3) is 0 Å². The predicted molar refractivity (Wildman–Crippen MR) is 66.4 cm³/mol. The summed E-state index contributed by atoms with van der Waals surface area (Å²) in [6.45, 7) is 7.96. The van der Waals surface area contributed by atoms with Gasteiger partial charge in [0.25, 0.3) is 0 Å². The molecule has 3 heteroatoms. The number of nitrogens with one attached hydrogen (secondary N) is 1. The molecule has 16 heavy (non-hydrogen) atoms. The highest BCUT2D eigenvalue weighted by Gasteiger charge is 2.09. The fourth-order valence-electron chi connectivity index (χ4n) is 1.56. The van der Waals surface area contributed by atoms with Crippen LogP contribution in [0.1, 0.15) is 33.1 Å². The lowest BCUT2D eigenvalue weighted by molar-refractivity contribution is 0.106. The SMILES string of the molecule is CC(C)CCOCCNCC1CCC=CO1. The van der Waals surface area contributed by atoms with Gasteiger partial charge in [-0.15, -0.1) is 0 Å². The molecule has 1 rings (SSSR count). The second-order valence-electron chi connectivity index (χ2n) is 4.71. The van der Waals surface area contributed by atoms with Gasteiger partial charge in [0.05, 0.1) is 12.9 Å². The van der Waals surface area contributed by atoms with E-state index < -0.39 is 0 Å². The molecule has 0 fully saturated rings. The lowest BCUT2D eigenvalue weighted by Gasteiger charge is -2.19. The summed E-state index contributed by atoms with van der Waals surface area (Å²) in [4.78, 5) is 0. The van der Waals surface area contributed by atoms with Gasteiger partial charge in [-0.2, -0.15) is 0 Å². The fraction of sp³-hybridized carbons (Fsp3) is 0.846. The molecular weight excluding hydrogens is 202 g/mol. The van der Waals surface area contributed by atoms with Crippen molar-refractivity contribution in [3.63, 3.8) is 0 Å². The van der Waals surface area contributed by atoms with Crippen molar-refractivity contribution in [1.82, 2.24) is 5.32 Å². The molecule has 0 aromatic carbocycles. The maximum Gasteiger partial charge on any atom is 0.110 e. The van der Waals surface area contributed by atoms with E-state index in [-0.39, 0.29) is 0 Å². The number of hydrogen-bond donors (Lipinski definition) is 1. The minimum atomic E-state index is 0.348. The molecular formula is C13H25NO2. The van der Waals surface area contributed by atoms with Crippen LogP contribution in [0.2, 0.25) is 0 Å². The lowest BCUT2D eigenvalue weighted by atomic mass is 10.1. The lowest BCUT2D eigenvalue weighted by Crippen LogP contribution is -2.31. The van der Waals surface area contributed by atoms with Crippen LogP contribution >= 0.6 is 0 Å². The number of allylic oxidation sites excluding steroid dienone is 1. The molecule has 0 saturated heterocycles. The third-order valence-corrected chi connectivity index (χ3v) is 2.66. The molecule has 3 nitrogen and oxygen atoms in total. The van der Waals surface area contributed by atoms with Crippen LogP contribution in [0, 0.1) is 5.92 Å². The number of ether oxygens (including phenoxy) is 2. The molecule has 0 spiro atoms. The van der Waals surface area contributed by atoms with Crippen molar-refractivity contribution < 1.29 is 9.47 Å². The van der Waals surface area contributed by atoms with E-state index in [2.05, 4.69) is 25.2 Å². The van der Waals surface area contributed by atoms with E-state index in [0.717, 1.165) is 51.5 Å². The Balaban J connectivity index is 1.82. The molecule has 1 aliphatic rings. The highest BCUT2D eigenvalue weighted by molar-refractivity contribution is 4.82. The summed E-state index contributed by atoms with van der Waals surface area (Å²) < 4.78 is 11.0. The van der Waals surface area contributed by atoms with E-state index in [4.69, 9.17) is 9.47 Å². The predicted octanol–water partition coefficient (Wildman–Crippen LogP) is 2.33.